The van der Waals surface area contributed by atoms with Gasteiger partial charge in [-0.2, -0.15) is 0 Å². The molecule has 0 saturated heterocycles. The van der Waals surface area contributed by atoms with Crippen LogP contribution in [-0.2, 0) is 9.53 Å². The van der Waals surface area contributed by atoms with E-state index in [2.05, 4.69) is 19.2 Å². The Labute approximate surface area is 158 Å². The Balaban J connectivity index is 2.02. The van der Waals surface area contributed by atoms with Gasteiger partial charge >= 0.3 is 5.97 Å². The van der Waals surface area contributed by atoms with Crippen molar-refractivity contribution in [2.75, 3.05) is 12.4 Å². The van der Waals surface area contributed by atoms with Crippen molar-refractivity contribution in [1.82, 2.24) is 0 Å². The summed E-state index contributed by atoms with van der Waals surface area (Å²) in [5, 5.41) is 3.11. The average molecular weight is 376 g/mol. The average Bonchev–Trinajstić information content (AvgIpc) is 2.61. The van der Waals surface area contributed by atoms with Crippen molar-refractivity contribution in [3.63, 3.8) is 0 Å². The second kappa shape index (κ2) is 8.72. The van der Waals surface area contributed by atoms with Gasteiger partial charge in [0, 0.05) is 5.02 Å². The van der Waals surface area contributed by atoms with Crippen LogP contribution in [0.25, 0.3) is 0 Å². The lowest BCUT2D eigenvalue weighted by Crippen LogP contribution is -2.30. The zero-order valence-electron chi connectivity index (χ0n) is 15.2. The normalized spacial score (nSPS) is 11.8. The molecule has 0 saturated carbocycles. The SMILES string of the molecule is COc1ccc(Cl)cc1NC(=O)[C@H](C)OC(=O)c1ccc(C(C)C)cc1. The Hall–Kier alpha value is -2.53. The molecular formula is C20H22ClNO4. The third-order valence-corrected chi connectivity index (χ3v) is 4.12. The molecule has 1 atom stereocenters. The van der Waals surface area contributed by atoms with Gasteiger partial charge in [0.1, 0.15) is 5.75 Å². The van der Waals surface area contributed by atoms with Crippen molar-refractivity contribution in [3.05, 3.63) is 58.6 Å². The fraction of sp³-hybridized carbons (Fsp3) is 0.300. The highest BCUT2D eigenvalue weighted by molar-refractivity contribution is 6.31. The molecule has 2 aromatic rings. The van der Waals surface area contributed by atoms with E-state index in [1.165, 1.54) is 14.0 Å². The zero-order valence-corrected chi connectivity index (χ0v) is 16.0. The zero-order chi connectivity index (χ0) is 19.3. The number of anilines is 1. The van der Waals surface area contributed by atoms with Crippen LogP contribution in [0.3, 0.4) is 0 Å². The van der Waals surface area contributed by atoms with Crippen molar-refractivity contribution >= 4 is 29.2 Å². The summed E-state index contributed by atoms with van der Waals surface area (Å²) in [6.07, 6.45) is -0.976. The molecular weight excluding hydrogens is 354 g/mol. The molecule has 0 heterocycles. The number of hydrogen-bond acceptors (Lipinski definition) is 4. The van der Waals surface area contributed by atoms with E-state index in [1.807, 2.05) is 12.1 Å². The molecule has 0 bridgehead atoms. The van der Waals surface area contributed by atoms with Gasteiger partial charge in [-0.15, -0.1) is 0 Å². The summed E-state index contributed by atoms with van der Waals surface area (Å²) in [4.78, 5) is 24.5. The molecule has 2 aromatic carbocycles. The van der Waals surface area contributed by atoms with E-state index in [1.54, 1.807) is 30.3 Å². The first-order chi connectivity index (χ1) is 12.3. The van der Waals surface area contributed by atoms with Gasteiger partial charge in [0.25, 0.3) is 5.91 Å². The van der Waals surface area contributed by atoms with Gasteiger partial charge in [0.05, 0.1) is 18.4 Å². The number of benzene rings is 2. The summed E-state index contributed by atoms with van der Waals surface area (Å²) in [6, 6.07) is 12.0. The predicted molar refractivity (Wildman–Crippen MR) is 102 cm³/mol. The highest BCUT2D eigenvalue weighted by atomic mass is 35.5. The van der Waals surface area contributed by atoms with E-state index in [4.69, 9.17) is 21.1 Å². The number of ether oxygens (including phenoxy) is 2. The second-order valence-corrected chi connectivity index (χ2v) is 6.59. The second-order valence-electron chi connectivity index (χ2n) is 6.16. The molecule has 0 fully saturated rings. The Morgan fingerprint density at radius 3 is 2.27 bits per heavy atom. The molecule has 1 N–H and O–H groups in total. The quantitative estimate of drug-likeness (QED) is 0.746. The summed E-state index contributed by atoms with van der Waals surface area (Å²) in [5.74, 6) is -0.193. The van der Waals surface area contributed by atoms with Crippen LogP contribution >= 0.6 is 11.6 Å². The number of amides is 1. The van der Waals surface area contributed by atoms with Crippen molar-refractivity contribution < 1.29 is 19.1 Å². The lowest BCUT2D eigenvalue weighted by molar-refractivity contribution is -0.123. The van der Waals surface area contributed by atoms with E-state index in [0.717, 1.165) is 5.56 Å². The van der Waals surface area contributed by atoms with Crippen LogP contribution in [0, 0.1) is 0 Å². The standard InChI is InChI=1S/C20H22ClNO4/c1-12(2)14-5-7-15(8-6-14)20(24)26-13(3)19(23)22-17-11-16(21)9-10-18(17)25-4/h5-13H,1-4H3,(H,22,23)/t13-/m0/s1. The van der Waals surface area contributed by atoms with Crippen LogP contribution < -0.4 is 10.1 Å². The largest absolute Gasteiger partial charge is 0.495 e. The predicted octanol–water partition coefficient (Wildman–Crippen LogP) is 4.66. The van der Waals surface area contributed by atoms with Crippen molar-refractivity contribution in [2.24, 2.45) is 0 Å². The first-order valence-electron chi connectivity index (χ1n) is 8.27. The van der Waals surface area contributed by atoms with Crippen LogP contribution in [0.4, 0.5) is 5.69 Å². The molecule has 5 nitrogen and oxygen atoms in total. The topological polar surface area (TPSA) is 64.6 Å². The van der Waals surface area contributed by atoms with E-state index in [0.29, 0.717) is 27.9 Å². The molecule has 0 radical (unpaired) electrons. The fourth-order valence-electron chi connectivity index (χ4n) is 2.30. The van der Waals surface area contributed by atoms with Crippen LogP contribution in [0.15, 0.2) is 42.5 Å². The lowest BCUT2D eigenvalue weighted by Gasteiger charge is -2.15. The number of methoxy groups -OCH3 is 1. The van der Waals surface area contributed by atoms with Gasteiger partial charge < -0.3 is 14.8 Å². The molecule has 26 heavy (non-hydrogen) atoms. The Bertz CT molecular complexity index is 787. The van der Waals surface area contributed by atoms with E-state index >= 15 is 0 Å². The van der Waals surface area contributed by atoms with Crippen LogP contribution in [-0.4, -0.2) is 25.1 Å². The van der Waals surface area contributed by atoms with E-state index in [9.17, 15) is 9.59 Å². The van der Waals surface area contributed by atoms with Crippen molar-refractivity contribution in [2.45, 2.75) is 32.8 Å². The number of esters is 1. The maximum absolute atomic E-state index is 12.3. The third-order valence-electron chi connectivity index (χ3n) is 3.89. The fourth-order valence-corrected chi connectivity index (χ4v) is 2.47. The number of hydrogen-bond donors (Lipinski definition) is 1. The maximum Gasteiger partial charge on any atom is 0.338 e. The molecule has 0 aliphatic carbocycles. The summed E-state index contributed by atoms with van der Waals surface area (Å²) in [7, 11) is 1.49. The highest BCUT2D eigenvalue weighted by Crippen LogP contribution is 2.28. The van der Waals surface area contributed by atoms with Crippen molar-refractivity contribution in [3.8, 4) is 5.75 Å². The number of nitrogens with one attached hydrogen (secondary N) is 1. The molecule has 0 unspecified atom stereocenters. The molecule has 0 aromatic heterocycles. The minimum atomic E-state index is -0.976. The van der Waals surface area contributed by atoms with Gasteiger partial charge in [0.2, 0.25) is 0 Å². The number of carbonyl (C=O) groups excluding carboxylic acids is 2. The molecule has 1 amide bonds. The molecule has 0 aliphatic rings. The van der Waals surface area contributed by atoms with E-state index in [-0.39, 0.29) is 0 Å². The van der Waals surface area contributed by atoms with Gasteiger partial charge in [-0.25, -0.2) is 4.79 Å². The summed E-state index contributed by atoms with van der Waals surface area (Å²) in [5.41, 5.74) is 1.93. The monoisotopic (exact) mass is 375 g/mol. The maximum atomic E-state index is 12.3. The summed E-state index contributed by atoms with van der Waals surface area (Å²) in [6.45, 7) is 5.65. The van der Waals surface area contributed by atoms with Crippen LogP contribution in [0.2, 0.25) is 5.02 Å². The minimum Gasteiger partial charge on any atom is -0.495 e. The summed E-state index contributed by atoms with van der Waals surface area (Å²) >= 11 is 5.94. The number of carbonyl (C=O) groups is 2. The van der Waals surface area contributed by atoms with Crippen LogP contribution in [0.5, 0.6) is 5.75 Å². The first-order valence-corrected chi connectivity index (χ1v) is 8.65. The first kappa shape index (κ1) is 19.8. The lowest BCUT2D eigenvalue weighted by atomic mass is 10.0. The molecule has 0 aliphatic heterocycles. The minimum absolute atomic E-state index is 0.373. The van der Waals surface area contributed by atoms with Crippen LogP contribution in [0.1, 0.15) is 42.6 Å². The van der Waals surface area contributed by atoms with Gasteiger partial charge in [-0.3, -0.25) is 4.79 Å². The molecule has 2 rings (SSSR count). The smallest absolute Gasteiger partial charge is 0.338 e. The Morgan fingerprint density at radius 1 is 1.04 bits per heavy atom. The van der Waals surface area contributed by atoms with Gasteiger partial charge in [-0.1, -0.05) is 37.6 Å². The van der Waals surface area contributed by atoms with Gasteiger partial charge in [-0.05, 0) is 48.7 Å². The molecule has 6 heteroatoms. The van der Waals surface area contributed by atoms with E-state index < -0.39 is 18.0 Å². The van der Waals surface area contributed by atoms with Gasteiger partial charge in [0.15, 0.2) is 6.10 Å². The molecule has 0 spiro atoms. The number of rotatable bonds is 6. The highest BCUT2D eigenvalue weighted by Gasteiger charge is 2.20. The Kier molecular flexibility index (Phi) is 6.64. The van der Waals surface area contributed by atoms with Crippen molar-refractivity contribution in [1.29, 1.82) is 0 Å². The number of halogens is 1. The molecule has 138 valence electrons. The third kappa shape index (κ3) is 4.99. The Morgan fingerprint density at radius 2 is 1.69 bits per heavy atom. The summed E-state index contributed by atoms with van der Waals surface area (Å²) < 4.78 is 10.4.